The van der Waals surface area contributed by atoms with Crippen molar-refractivity contribution in [3.63, 3.8) is 0 Å². The maximum atomic E-state index is 11.9. The Labute approximate surface area is 110 Å². The zero-order valence-corrected chi connectivity index (χ0v) is 11.6. The minimum Gasteiger partial charge on any atom is -0.475 e. The maximum absolute atomic E-state index is 11.9. The monoisotopic (exact) mass is 289 g/mol. The molecule has 1 amide bonds. The molecule has 0 spiro atoms. The fourth-order valence-corrected chi connectivity index (χ4v) is 2.39. The third kappa shape index (κ3) is 3.57. The zero-order valence-electron chi connectivity index (χ0n) is 10.8. The number of carbonyl (C=O) groups is 2. The van der Waals surface area contributed by atoms with Crippen molar-refractivity contribution in [2.24, 2.45) is 0 Å². The van der Waals surface area contributed by atoms with E-state index in [1.165, 1.54) is 11.9 Å². The normalized spacial score (nSPS) is 11.6. The summed E-state index contributed by atoms with van der Waals surface area (Å²) >= 11 is 0. The van der Waals surface area contributed by atoms with Gasteiger partial charge in [-0.05, 0) is 26.0 Å². The number of nitrogens with zero attached hydrogens (tertiary/aromatic N) is 1. The Morgan fingerprint density at radius 2 is 1.95 bits per heavy atom. The highest BCUT2D eigenvalue weighted by Crippen LogP contribution is 2.16. The minimum atomic E-state index is -3.97. The van der Waals surface area contributed by atoms with Crippen molar-refractivity contribution in [2.75, 3.05) is 12.8 Å². The van der Waals surface area contributed by atoms with Crippen molar-refractivity contribution in [3.8, 4) is 0 Å². The van der Waals surface area contributed by atoms with Gasteiger partial charge in [0, 0.05) is 13.1 Å². The average Bonchev–Trinajstić information content (AvgIpc) is 2.77. The van der Waals surface area contributed by atoms with Crippen LogP contribution < -0.4 is 0 Å². The lowest BCUT2D eigenvalue weighted by atomic mass is 10.3. The predicted molar refractivity (Wildman–Crippen MR) is 65.6 cm³/mol. The quantitative estimate of drug-likeness (QED) is 0.851. The molecule has 0 bridgehead atoms. The Bertz CT molecular complexity index is 586. The van der Waals surface area contributed by atoms with Gasteiger partial charge in [0.1, 0.15) is 5.75 Å². The van der Waals surface area contributed by atoms with Crippen molar-refractivity contribution in [2.45, 2.75) is 25.0 Å². The number of sulfone groups is 1. The van der Waals surface area contributed by atoms with Gasteiger partial charge >= 0.3 is 5.97 Å². The number of rotatable bonds is 5. The molecular formula is C11H15NO6S. The summed E-state index contributed by atoms with van der Waals surface area (Å²) in [5.41, 5.74) is 0. The van der Waals surface area contributed by atoms with Crippen LogP contribution in [-0.2, 0) is 14.6 Å². The van der Waals surface area contributed by atoms with Gasteiger partial charge in [-0.15, -0.1) is 0 Å². The fraction of sp³-hybridized carbons (Fsp3) is 0.455. The lowest BCUT2D eigenvalue weighted by Gasteiger charge is -2.20. The van der Waals surface area contributed by atoms with Crippen LogP contribution in [0, 0.1) is 0 Å². The molecule has 7 nitrogen and oxygen atoms in total. The van der Waals surface area contributed by atoms with Crippen LogP contribution in [0.4, 0.5) is 0 Å². The molecule has 8 heteroatoms. The minimum absolute atomic E-state index is 0.131. The number of hydrogen-bond acceptors (Lipinski definition) is 5. The fourth-order valence-electron chi connectivity index (χ4n) is 1.23. The molecule has 0 saturated carbocycles. The summed E-state index contributed by atoms with van der Waals surface area (Å²) in [4.78, 5) is 23.6. The Morgan fingerprint density at radius 1 is 1.37 bits per heavy atom. The van der Waals surface area contributed by atoms with Gasteiger partial charge in [0.2, 0.25) is 26.6 Å². The highest BCUT2D eigenvalue weighted by molar-refractivity contribution is 7.92. The molecule has 1 heterocycles. The molecule has 0 aliphatic carbocycles. The number of furan rings is 1. The Balaban J connectivity index is 2.92. The SMILES string of the molecule is CC(C)N(C)C(=O)CS(=O)(=O)c1ccc(C(=O)O)o1. The van der Waals surface area contributed by atoms with Gasteiger partial charge in [0.15, 0.2) is 0 Å². The molecule has 106 valence electrons. The summed E-state index contributed by atoms with van der Waals surface area (Å²) in [6.45, 7) is 3.50. The van der Waals surface area contributed by atoms with Gasteiger partial charge in [-0.2, -0.15) is 0 Å². The summed E-state index contributed by atoms with van der Waals surface area (Å²) in [5, 5.41) is 8.12. The highest BCUT2D eigenvalue weighted by atomic mass is 32.2. The largest absolute Gasteiger partial charge is 0.475 e. The van der Waals surface area contributed by atoms with Gasteiger partial charge in [-0.25, -0.2) is 13.2 Å². The van der Waals surface area contributed by atoms with E-state index in [4.69, 9.17) is 9.52 Å². The predicted octanol–water partition coefficient (Wildman–Crippen LogP) is 0.618. The number of carboxylic acid groups (broad SMARTS) is 1. The Kier molecular flexibility index (Phi) is 4.35. The standard InChI is InChI=1S/C11H15NO6S/c1-7(2)12(3)9(13)6-19(16,17)10-5-4-8(18-10)11(14)15/h4-5,7H,6H2,1-3H3,(H,14,15). The van der Waals surface area contributed by atoms with Crippen LogP contribution in [0.2, 0.25) is 0 Å². The molecular weight excluding hydrogens is 274 g/mol. The Hall–Kier alpha value is -1.83. The summed E-state index contributed by atoms with van der Waals surface area (Å²) in [5.74, 6) is -3.19. The first-order valence-corrected chi connectivity index (χ1v) is 7.12. The van der Waals surface area contributed by atoms with Gasteiger partial charge in [-0.1, -0.05) is 0 Å². The number of carbonyl (C=O) groups excluding carboxylic acids is 1. The molecule has 1 N–H and O–H groups in total. The first-order valence-electron chi connectivity index (χ1n) is 5.46. The molecule has 0 aliphatic heterocycles. The first-order chi connectivity index (χ1) is 8.65. The second-order valence-electron chi connectivity index (χ2n) is 4.28. The van der Waals surface area contributed by atoms with E-state index in [1.807, 2.05) is 0 Å². The van der Waals surface area contributed by atoms with E-state index >= 15 is 0 Å². The molecule has 1 aromatic rings. The molecule has 0 aliphatic rings. The summed E-state index contributed by atoms with van der Waals surface area (Å²) in [7, 11) is -2.48. The number of hydrogen-bond donors (Lipinski definition) is 1. The van der Waals surface area contributed by atoms with E-state index < -0.39 is 38.3 Å². The molecule has 1 rings (SSSR count). The topological polar surface area (TPSA) is 105 Å². The van der Waals surface area contributed by atoms with Crippen LogP contribution in [0.15, 0.2) is 21.6 Å². The lowest BCUT2D eigenvalue weighted by molar-refractivity contribution is -0.128. The first kappa shape index (κ1) is 15.2. The van der Waals surface area contributed by atoms with Crippen molar-refractivity contribution >= 4 is 21.7 Å². The van der Waals surface area contributed by atoms with Crippen LogP contribution in [0.5, 0.6) is 0 Å². The molecule has 1 aromatic heterocycles. The van der Waals surface area contributed by atoms with Crippen molar-refractivity contribution in [1.29, 1.82) is 0 Å². The smallest absolute Gasteiger partial charge is 0.371 e. The third-order valence-corrected chi connectivity index (χ3v) is 4.04. The third-order valence-electron chi connectivity index (χ3n) is 2.58. The van der Waals surface area contributed by atoms with Crippen molar-refractivity contribution in [3.05, 3.63) is 17.9 Å². The summed E-state index contributed by atoms with van der Waals surface area (Å²) < 4.78 is 28.4. The van der Waals surface area contributed by atoms with Crippen LogP contribution in [0.25, 0.3) is 0 Å². The molecule has 0 fully saturated rings. The van der Waals surface area contributed by atoms with E-state index in [9.17, 15) is 18.0 Å². The van der Waals surface area contributed by atoms with Gasteiger partial charge < -0.3 is 14.4 Å². The molecule has 0 unspecified atom stereocenters. The highest BCUT2D eigenvalue weighted by Gasteiger charge is 2.26. The molecule has 0 radical (unpaired) electrons. The maximum Gasteiger partial charge on any atom is 0.371 e. The second-order valence-corrected chi connectivity index (χ2v) is 6.20. The number of amides is 1. The zero-order chi connectivity index (χ0) is 14.8. The Morgan fingerprint density at radius 3 is 2.37 bits per heavy atom. The summed E-state index contributed by atoms with van der Waals surface area (Å²) in [6, 6.07) is 1.93. The second kappa shape index (κ2) is 5.43. The van der Waals surface area contributed by atoms with Crippen molar-refractivity contribution in [1.82, 2.24) is 4.90 Å². The van der Waals surface area contributed by atoms with E-state index in [2.05, 4.69) is 0 Å². The number of aromatic carboxylic acids is 1. The van der Waals surface area contributed by atoms with E-state index in [0.29, 0.717) is 0 Å². The van der Waals surface area contributed by atoms with Gasteiger partial charge in [-0.3, -0.25) is 4.79 Å². The lowest BCUT2D eigenvalue weighted by Crippen LogP contribution is -2.37. The molecule has 0 saturated heterocycles. The van der Waals surface area contributed by atoms with Crippen LogP contribution in [0.3, 0.4) is 0 Å². The van der Waals surface area contributed by atoms with Crippen LogP contribution >= 0.6 is 0 Å². The average molecular weight is 289 g/mol. The van der Waals surface area contributed by atoms with Crippen LogP contribution in [-0.4, -0.2) is 49.1 Å². The molecule has 0 atom stereocenters. The van der Waals surface area contributed by atoms with Crippen molar-refractivity contribution < 1.29 is 27.5 Å². The van der Waals surface area contributed by atoms with E-state index in [-0.39, 0.29) is 6.04 Å². The summed E-state index contributed by atoms with van der Waals surface area (Å²) in [6.07, 6.45) is 0. The van der Waals surface area contributed by atoms with E-state index in [0.717, 1.165) is 12.1 Å². The van der Waals surface area contributed by atoms with Gasteiger partial charge in [0.25, 0.3) is 0 Å². The molecule has 0 aromatic carbocycles. The molecule has 19 heavy (non-hydrogen) atoms. The van der Waals surface area contributed by atoms with E-state index in [1.54, 1.807) is 13.8 Å². The number of carboxylic acids is 1. The van der Waals surface area contributed by atoms with Gasteiger partial charge in [0.05, 0.1) is 0 Å². The van der Waals surface area contributed by atoms with Crippen LogP contribution in [0.1, 0.15) is 24.4 Å².